The molecule has 0 saturated carbocycles. The maximum absolute atomic E-state index is 11.4. The van der Waals surface area contributed by atoms with Crippen LogP contribution in [0.15, 0.2) is 0 Å². The van der Waals surface area contributed by atoms with E-state index in [0.717, 1.165) is 6.42 Å². The zero-order chi connectivity index (χ0) is 10.8. The van der Waals surface area contributed by atoms with Gasteiger partial charge in [-0.15, -0.1) is 0 Å². The molecule has 0 spiro atoms. The van der Waals surface area contributed by atoms with E-state index >= 15 is 0 Å². The Bertz CT molecular complexity index is 270. The highest BCUT2D eigenvalue weighted by atomic mass is 32.1. The molecule has 0 aromatic rings. The van der Waals surface area contributed by atoms with E-state index in [-0.39, 0.29) is 0 Å². The standard InChI is InChI=1S/C8H12N2O3S/c1-2-3-4-8(14)5(11)9-7(13)10-6(8)12/h14H,2-4H2,1H3,(H2,9,10,11,12,13). The predicted octanol–water partition coefficient (Wildman–Crippen LogP) is 0.211. The van der Waals surface area contributed by atoms with E-state index in [1.165, 1.54) is 0 Å². The van der Waals surface area contributed by atoms with Crippen LogP contribution in [0.2, 0.25) is 0 Å². The van der Waals surface area contributed by atoms with E-state index in [9.17, 15) is 14.4 Å². The Morgan fingerprint density at radius 2 is 1.71 bits per heavy atom. The summed E-state index contributed by atoms with van der Waals surface area (Å²) in [5.74, 6) is -1.27. The van der Waals surface area contributed by atoms with Crippen molar-refractivity contribution in [3.8, 4) is 0 Å². The van der Waals surface area contributed by atoms with Crippen LogP contribution in [0, 0.1) is 0 Å². The van der Waals surface area contributed by atoms with Crippen molar-refractivity contribution in [3.63, 3.8) is 0 Å². The summed E-state index contributed by atoms with van der Waals surface area (Å²) in [6, 6.07) is -0.777. The lowest BCUT2D eigenvalue weighted by molar-refractivity contribution is -0.133. The van der Waals surface area contributed by atoms with Gasteiger partial charge in [0.15, 0.2) is 4.75 Å². The van der Waals surface area contributed by atoms with Crippen LogP contribution in [-0.4, -0.2) is 22.6 Å². The molecule has 0 aliphatic carbocycles. The van der Waals surface area contributed by atoms with Gasteiger partial charge >= 0.3 is 6.03 Å². The Labute approximate surface area is 87.0 Å². The normalized spacial score (nSPS) is 20.3. The van der Waals surface area contributed by atoms with Crippen LogP contribution in [0.5, 0.6) is 0 Å². The summed E-state index contributed by atoms with van der Waals surface area (Å²) in [7, 11) is 0. The van der Waals surface area contributed by atoms with Crippen LogP contribution in [0.4, 0.5) is 4.79 Å². The van der Waals surface area contributed by atoms with Gasteiger partial charge in [-0.25, -0.2) is 4.79 Å². The molecule has 2 N–H and O–H groups in total. The molecule has 0 aromatic heterocycles. The first-order valence-electron chi connectivity index (χ1n) is 4.40. The fourth-order valence-electron chi connectivity index (χ4n) is 1.21. The quantitative estimate of drug-likeness (QED) is 0.466. The molecule has 1 heterocycles. The minimum atomic E-state index is -1.40. The SMILES string of the molecule is CCCCC1(S)C(=O)NC(=O)NC1=O. The van der Waals surface area contributed by atoms with E-state index in [4.69, 9.17) is 0 Å². The minimum absolute atomic E-state index is 0.331. The average molecular weight is 216 g/mol. The Morgan fingerprint density at radius 3 is 2.14 bits per heavy atom. The molecular formula is C8H12N2O3S. The Morgan fingerprint density at radius 1 is 1.21 bits per heavy atom. The number of carbonyl (C=O) groups is 3. The number of imide groups is 2. The molecule has 1 fully saturated rings. The maximum atomic E-state index is 11.4. The van der Waals surface area contributed by atoms with Gasteiger partial charge < -0.3 is 0 Å². The van der Waals surface area contributed by atoms with Crippen molar-refractivity contribution in [1.29, 1.82) is 0 Å². The van der Waals surface area contributed by atoms with Gasteiger partial charge in [0.25, 0.3) is 11.8 Å². The topological polar surface area (TPSA) is 75.3 Å². The fraction of sp³-hybridized carbons (Fsp3) is 0.625. The van der Waals surface area contributed by atoms with Gasteiger partial charge in [-0.1, -0.05) is 19.8 Å². The number of amides is 4. The van der Waals surface area contributed by atoms with Crippen LogP contribution in [0.25, 0.3) is 0 Å². The number of barbiturate groups is 1. The maximum Gasteiger partial charge on any atom is 0.328 e. The molecule has 0 bridgehead atoms. The van der Waals surface area contributed by atoms with Crippen molar-refractivity contribution in [2.75, 3.05) is 0 Å². The monoisotopic (exact) mass is 216 g/mol. The molecule has 0 atom stereocenters. The smallest absolute Gasteiger partial charge is 0.276 e. The lowest BCUT2D eigenvalue weighted by Crippen LogP contribution is -2.64. The molecule has 0 unspecified atom stereocenters. The average Bonchev–Trinajstić information content (AvgIpc) is 2.11. The number of urea groups is 1. The number of rotatable bonds is 3. The van der Waals surface area contributed by atoms with E-state index in [1.54, 1.807) is 0 Å². The summed E-state index contributed by atoms with van der Waals surface area (Å²) in [5.41, 5.74) is 0. The number of carbonyl (C=O) groups excluding carboxylic acids is 3. The predicted molar refractivity (Wildman–Crippen MR) is 52.9 cm³/mol. The molecule has 14 heavy (non-hydrogen) atoms. The highest BCUT2D eigenvalue weighted by Crippen LogP contribution is 2.24. The van der Waals surface area contributed by atoms with Crippen LogP contribution in [-0.2, 0) is 9.59 Å². The Kier molecular flexibility index (Phi) is 3.15. The van der Waals surface area contributed by atoms with Crippen molar-refractivity contribution in [2.45, 2.75) is 30.9 Å². The Balaban J connectivity index is 2.79. The van der Waals surface area contributed by atoms with Crippen LogP contribution in [0.3, 0.4) is 0 Å². The van der Waals surface area contributed by atoms with Gasteiger partial charge in [0.1, 0.15) is 0 Å². The highest BCUT2D eigenvalue weighted by molar-refractivity contribution is 7.83. The van der Waals surface area contributed by atoms with Crippen LogP contribution >= 0.6 is 12.6 Å². The largest absolute Gasteiger partial charge is 0.328 e. The van der Waals surface area contributed by atoms with Crippen LogP contribution in [0.1, 0.15) is 26.2 Å². The molecule has 0 aromatic carbocycles. The van der Waals surface area contributed by atoms with E-state index in [0.29, 0.717) is 12.8 Å². The highest BCUT2D eigenvalue weighted by Gasteiger charge is 2.46. The molecule has 1 aliphatic rings. The zero-order valence-electron chi connectivity index (χ0n) is 7.79. The van der Waals surface area contributed by atoms with Crippen molar-refractivity contribution in [3.05, 3.63) is 0 Å². The van der Waals surface area contributed by atoms with Crippen molar-refractivity contribution in [1.82, 2.24) is 10.6 Å². The molecule has 4 amide bonds. The lowest BCUT2D eigenvalue weighted by atomic mass is 9.98. The third-order valence-corrected chi connectivity index (χ3v) is 2.73. The summed E-state index contributed by atoms with van der Waals surface area (Å²) in [6.45, 7) is 1.95. The molecule has 78 valence electrons. The first kappa shape index (κ1) is 11.0. The summed E-state index contributed by atoms with van der Waals surface area (Å²) in [6.07, 6.45) is 1.90. The van der Waals surface area contributed by atoms with Crippen molar-refractivity contribution < 1.29 is 14.4 Å². The number of hydrogen-bond acceptors (Lipinski definition) is 4. The first-order chi connectivity index (χ1) is 6.50. The van der Waals surface area contributed by atoms with Gasteiger partial charge in [-0.3, -0.25) is 20.2 Å². The summed E-state index contributed by atoms with van der Waals surface area (Å²) < 4.78 is -1.40. The molecule has 0 radical (unpaired) electrons. The van der Waals surface area contributed by atoms with E-state index in [1.807, 2.05) is 17.6 Å². The van der Waals surface area contributed by atoms with Gasteiger partial charge in [-0.05, 0) is 6.42 Å². The minimum Gasteiger partial charge on any atom is -0.276 e. The number of hydrogen-bond donors (Lipinski definition) is 3. The van der Waals surface area contributed by atoms with Crippen molar-refractivity contribution >= 4 is 30.5 Å². The van der Waals surface area contributed by atoms with E-state index in [2.05, 4.69) is 12.6 Å². The molecule has 1 saturated heterocycles. The molecule has 6 heteroatoms. The zero-order valence-corrected chi connectivity index (χ0v) is 8.69. The van der Waals surface area contributed by atoms with E-state index < -0.39 is 22.6 Å². The van der Waals surface area contributed by atoms with Gasteiger partial charge in [0, 0.05) is 0 Å². The summed E-state index contributed by atoms with van der Waals surface area (Å²) >= 11 is 4.04. The Hall–Kier alpha value is -1.04. The molecule has 5 nitrogen and oxygen atoms in total. The number of thiol groups is 1. The molecule has 1 aliphatic heterocycles. The van der Waals surface area contributed by atoms with Crippen molar-refractivity contribution in [2.24, 2.45) is 0 Å². The third kappa shape index (κ3) is 1.89. The van der Waals surface area contributed by atoms with Crippen LogP contribution < -0.4 is 10.6 Å². The van der Waals surface area contributed by atoms with Gasteiger partial charge in [0.2, 0.25) is 0 Å². The molecule has 1 rings (SSSR count). The fourth-order valence-corrected chi connectivity index (χ4v) is 1.48. The number of unbranched alkanes of at least 4 members (excludes halogenated alkanes) is 1. The second kappa shape index (κ2) is 4.00. The van der Waals surface area contributed by atoms with Gasteiger partial charge in [0.05, 0.1) is 0 Å². The first-order valence-corrected chi connectivity index (χ1v) is 4.84. The second-order valence-corrected chi connectivity index (χ2v) is 3.96. The second-order valence-electron chi connectivity index (χ2n) is 3.20. The summed E-state index contributed by atoms with van der Waals surface area (Å²) in [5, 5.41) is 4.05. The molecular weight excluding hydrogens is 204 g/mol. The lowest BCUT2D eigenvalue weighted by Gasteiger charge is -2.29. The van der Waals surface area contributed by atoms with Gasteiger partial charge in [-0.2, -0.15) is 12.6 Å². The third-order valence-electron chi connectivity index (χ3n) is 2.10. The summed E-state index contributed by atoms with van der Waals surface area (Å²) in [4.78, 5) is 33.5. The number of nitrogens with one attached hydrogen (secondary N) is 2.